The summed E-state index contributed by atoms with van der Waals surface area (Å²) in [7, 11) is -3.63. The van der Waals surface area contributed by atoms with Crippen molar-refractivity contribution in [3.63, 3.8) is 0 Å². The number of nitrogens with two attached hydrogens (primary N) is 1. The van der Waals surface area contributed by atoms with Gasteiger partial charge in [-0.3, -0.25) is 0 Å². The minimum Gasteiger partial charge on any atom is -0.367 e. The van der Waals surface area contributed by atoms with Crippen molar-refractivity contribution >= 4 is 15.9 Å². The summed E-state index contributed by atoms with van der Waals surface area (Å²) in [5.74, 6) is -0.295. The Morgan fingerprint density at radius 1 is 1.12 bits per heavy atom. The van der Waals surface area contributed by atoms with Gasteiger partial charge in [0.15, 0.2) is 0 Å². The zero-order chi connectivity index (χ0) is 12.5. The Kier molecular flexibility index (Phi) is 3.32. The molecule has 0 amide bonds. The van der Waals surface area contributed by atoms with Crippen LogP contribution in [0.2, 0.25) is 0 Å². The molecule has 2 N–H and O–H groups in total. The number of para-hydroxylation sites is 1. The van der Waals surface area contributed by atoms with Gasteiger partial charge < -0.3 is 4.90 Å². The minimum absolute atomic E-state index is 0.285. The molecule has 17 heavy (non-hydrogen) atoms. The average molecular weight is 259 g/mol. The van der Waals surface area contributed by atoms with E-state index in [9.17, 15) is 12.8 Å². The predicted molar refractivity (Wildman–Crippen MR) is 63.3 cm³/mol. The number of piperazine rings is 1. The van der Waals surface area contributed by atoms with Crippen molar-refractivity contribution in [3.8, 4) is 0 Å². The van der Waals surface area contributed by atoms with Crippen LogP contribution in [0.1, 0.15) is 0 Å². The van der Waals surface area contributed by atoms with Gasteiger partial charge in [0.25, 0.3) is 10.2 Å². The summed E-state index contributed by atoms with van der Waals surface area (Å²) < 4.78 is 36.9. The summed E-state index contributed by atoms with van der Waals surface area (Å²) in [6.07, 6.45) is 0. The first-order valence-electron chi connectivity index (χ1n) is 5.26. The highest BCUT2D eigenvalue weighted by Gasteiger charge is 2.24. The van der Waals surface area contributed by atoms with E-state index in [4.69, 9.17) is 5.14 Å². The molecule has 1 fully saturated rings. The van der Waals surface area contributed by atoms with Gasteiger partial charge in [-0.2, -0.15) is 12.7 Å². The third kappa shape index (κ3) is 2.74. The normalized spacial score (nSPS) is 18.4. The summed E-state index contributed by atoms with van der Waals surface area (Å²) in [6.45, 7) is 1.45. The molecule has 1 aliphatic rings. The molecule has 0 aliphatic carbocycles. The Morgan fingerprint density at radius 3 is 2.24 bits per heavy atom. The molecule has 0 unspecified atom stereocenters. The summed E-state index contributed by atoms with van der Waals surface area (Å²) in [5.41, 5.74) is 0.501. The third-order valence-electron chi connectivity index (χ3n) is 2.79. The molecular weight excluding hydrogens is 245 g/mol. The van der Waals surface area contributed by atoms with Gasteiger partial charge in [-0.1, -0.05) is 12.1 Å². The lowest BCUT2D eigenvalue weighted by Crippen LogP contribution is -2.50. The molecule has 5 nitrogen and oxygen atoms in total. The SMILES string of the molecule is NS(=O)(=O)N1CCN(c2ccccc2F)CC1. The summed E-state index contributed by atoms with van der Waals surface area (Å²) >= 11 is 0. The maximum atomic E-state index is 13.5. The number of halogens is 1. The van der Waals surface area contributed by atoms with Crippen LogP contribution in [-0.4, -0.2) is 38.9 Å². The molecule has 0 aromatic heterocycles. The molecule has 0 bridgehead atoms. The highest BCUT2D eigenvalue weighted by atomic mass is 32.2. The molecule has 0 atom stereocenters. The lowest BCUT2D eigenvalue weighted by Gasteiger charge is -2.34. The number of hydrogen-bond donors (Lipinski definition) is 1. The Morgan fingerprint density at radius 2 is 1.71 bits per heavy atom. The van der Waals surface area contributed by atoms with Gasteiger partial charge in [0.1, 0.15) is 5.82 Å². The van der Waals surface area contributed by atoms with Crippen LogP contribution in [0.25, 0.3) is 0 Å². The Labute approximate surface area is 99.8 Å². The standard InChI is InChI=1S/C10H14FN3O2S/c11-9-3-1-2-4-10(9)13-5-7-14(8-6-13)17(12,15)16/h1-4H,5-8H2,(H2,12,15,16). The van der Waals surface area contributed by atoms with E-state index >= 15 is 0 Å². The van der Waals surface area contributed by atoms with Crippen molar-refractivity contribution in [2.75, 3.05) is 31.1 Å². The molecule has 94 valence electrons. The van der Waals surface area contributed by atoms with Crippen LogP contribution in [0.15, 0.2) is 24.3 Å². The van der Waals surface area contributed by atoms with E-state index in [-0.39, 0.29) is 18.9 Å². The Bertz CT molecular complexity index is 498. The van der Waals surface area contributed by atoms with Crippen molar-refractivity contribution < 1.29 is 12.8 Å². The van der Waals surface area contributed by atoms with Gasteiger partial charge in [-0.25, -0.2) is 9.53 Å². The zero-order valence-corrected chi connectivity index (χ0v) is 10.0. The van der Waals surface area contributed by atoms with E-state index in [1.54, 1.807) is 18.2 Å². The van der Waals surface area contributed by atoms with Crippen LogP contribution in [0.3, 0.4) is 0 Å². The van der Waals surface area contributed by atoms with Gasteiger partial charge in [0, 0.05) is 26.2 Å². The van der Waals surface area contributed by atoms with Crippen molar-refractivity contribution in [1.29, 1.82) is 0 Å². The molecule has 1 saturated heterocycles. The minimum atomic E-state index is -3.63. The maximum Gasteiger partial charge on any atom is 0.277 e. The molecule has 0 spiro atoms. The van der Waals surface area contributed by atoms with E-state index in [2.05, 4.69) is 0 Å². The second-order valence-corrected chi connectivity index (χ2v) is 5.43. The van der Waals surface area contributed by atoms with Crippen LogP contribution in [0.5, 0.6) is 0 Å². The van der Waals surface area contributed by atoms with E-state index in [0.29, 0.717) is 18.8 Å². The van der Waals surface area contributed by atoms with Crippen LogP contribution in [-0.2, 0) is 10.2 Å². The van der Waals surface area contributed by atoms with Gasteiger partial charge >= 0.3 is 0 Å². The number of benzene rings is 1. The lowest BCUT2D eigenvalue weighted by molar-refractivity contribution is 0.384. The summed E-state index contributed by atoms with van der Waals surface area (Å²) in [4.78, 5) is 1.82. The smallest absolute Gasteiger partial charge is 0.277 e. The molecule has 2 rings (SSSR count). The predicted octanol–water partition coefficient (Wildman–Crippen LogP) is 0.151. The van der Waals surface area contributed by atoms with Crippen molar-refractivity contribution in [3.05, 3.63) is 30.1 Å². The molecule has 7 heteroatoms. The van der Waals surface area contributed by atoms with Crippen molar-refractivity contribution in [2.45, 2.75) is 0 Å². The first-order chi connectivity index (χ1) is 7.98. The second kappa shape index (κ2) is 4.59. The third-order valence-corrected chi connectivity index (χ3v) is 3.88. The van der Waals surface area contributed by atoms with E-state index in [1.807, 2.05) is 4.90 Å². The Balaban J connectivity index is 2.08. The number of anilines is 1. The number of rotatable bonds is 2. The maximum absolute atomic E-state index is 13.5. The fraction of sp³-hybridized carbons (Fsp3) is 0.400. The number of nitrogens with zero attached hydrogens (tertiary/aromatic N) is 2. The lowest BCUT2D eigenvalue weighted by atomic mass is 10.2. The van der Waals surface area contributed by atoms with Gasteiger partial charge in [-0.05, 0) is 12.1 Å². The molecule has 1 aromatic carbocycles. The topological polar surface area (TPSA) is 66.6 Å². The van der Waals surface area contributed by atoms with Crippen LogP contribution >= 0.6 is 0 Å². The van der Waals surface area contributed by atoms with Gasteiger partial charge in [0.05, 0.1) is 5.69 Å². The van der Waals surface area contributed by atoms with Gasteiger partial charge in [-0.15, -0.1) is 0 Å². The molecular formula is C10H14FN3O2S. The molecule has 1 aromatic rings. The highest BCUT2D eigenvalue weighted by molar-refractivity contribution is 7.86. The Hall–Kier alpha value is -1.18. The zero-order valence-electron chi connectivity index (χ0n) is 9.21. The first kappa shape index (κ1) is 12.3. The average Bonchev–Trinajstić information content (AvgIpc) is 2.29. The number of hydrogen-bond acceptors (Lipinski definition) is 3. The monoisotopic (exact) mass is 259 g/mol. The van der Waals surface area contributed by atoms with Crippen LogP contribution in [0, 0.1) is 5.82 Å². The van der Waals surface area contributed by atoms with Crippen molar-refractivity contribution in [2.24, 2.45) is 5.14 Å². The summed E-state index contributed by atoms with van der Waals surface area (Å²) in [6, 6.07) is 6.45. The molecule has 1 heterocycles. The van der Waals surface area contributed by atoms with E-state index in [1.165, 1.54) is 10.4 Å². The van der Waals surface area contributed by atoms with Crippen LogP contribution in [0.4, 0.5) is 10.1 Å². The second-order valence-electron chi connectivity index (χ2n) is 3.88. The fourth-order valence-corrected chi connectivity index (χ4v) is 2.56. The quantitative estimate of drug-likeness (QED) is 0.822. The van der Waals surface area contributed by atoms with Gasteiger partial charge in [0.2, 0.25) is 0 Å². The van der Waals surface area contributed by atoms with E-state index < -0.39 is 10.2 Å². The summed E-state index contributed by atoms with van der Waals surface area (Å²) in [5, 5.41) is 5.03. The molecule has 1 aliphatic heterocycles. The highest BCUT2D eigenvalue weighted by Crippen LogP contribution is 2.20. The molecule has 0 radical (unpaired) electrons. The molecule has 0 saturated carbocycles. The van der Waals surface area contributed by atoms with Crippen molar-refractivity contribution in [1.82, 2.24) is 4.31 Å². The van der Waals surface area contributed by atoms with E-state index in [0.717, 1.165) is 0 Å². The fourth-order valence-electron chi connectivity index (χ4n) is 1.89. The first-order valence-corrected chi connectivity index (χ1v) is 6.76. The largest absolute Gasteiger partial charge is 0.367 e. The van der Waals surface area contributed by atoms with Crippen LogP contribution < -0.4 is 10.0 Å².